The van der Waals surface area contributed by atoms with Gasteiger partial charge < -0.3 is 4.98 Å². The summed E-state index contributed by atoms with van der Waals surface area (Å²) in [6, 6.07) is 9.74. The molecule has 0 spiro atoms. The summed E-state index contributed by atoms with van der Waals surface area (Å²) in [5.74, 6) is -0.801. The van der Waals surface area contributed by atoms with E-state index in [1.54, 1.807) is 23.1 Å². The molecule has 2 aromatic heterocycles. The Balaban J connectivity index is 1.29. The zero-order valence-corrected chi connectivity index (χ0v) is 19.9. The van der Waals surface area contributed by atoms with Crippen LogP contribution in [0.15, 0.2) is 51.6 Å². The molecule has 7 rings (SSSR count). The number of aromatic amines is 1. The zero-order valence-electron chi connectivity index (χ0n) is 17.5. The molecule has 4 aliphatic rings. The first-order valence-corrected chi connectivity index (χ1v) is 13.6. The topological polar surface area (TPSA) is 113 Å². The molecular formula is C23H17N3O5S3. The van der Waals surface area contributed by atoms with Crippen molar-refractivity contribution >= 4 is 57.6 Å². The Kier molecular flexibility index (Phi) is 4.32. The molecule has 8 nitrogen and oxygen atoms in total. The largest absolute Gasteiger partial charge is 0.307 e. The quantitative estimate of drug-likeness (QED) is 0.322. The minimum Gasteiger partial charge on any atom is -0.307 e. The second-order valence-electron chi connectivity index (χ2n) is 9.26. The van der Waals surface area contributed by atoms with Gasteiger partial charge in [-0.3, -0.25) is 29.4 Å². The third kappa shape index (κ3) is 2.63. The Morgan fingerprint density at radius 2 is 1.76 bits per heavy atom. The van der Waals surface area contributed by atoms with E-state index in [4.69, 9.17) is 0 Å². The first-order valence-electron chi connectivity index (χ1n) is 11.0. The van der Waals surface area contributed by atoms with Gasteiger partial charge in [0.05, 0.1) is 27.5 Å². The number of hydrogen-bond donors (Lipinski definition) is 1. The van der Waals surface area contributed by atoms with E-state index in [1.165, 1.54) is 45.4 Å². The Bertz CT molecular complexity index is 1410. The number of nitro benzene ring substituents is 1. The number of fused-ring (bicyclic) bond motifs is 9. The number of carbonyl (C=O) groups excluding carboxylic acids is 2. The third-order valence-electron chi connectivity index (χ3n) is 7.89. The maximum absolute atomic E-state index is 13.6. The van der Waals surface area contributed by atoms with Crippen molar-refractivity contribution < 1.29 is 14.5 Å². The molecule has 7 atom stereocenters. The number of thiophene rings is 1. The van der Waals surface area contributed by atoms with Crippen molar-refractivity contribution in [3.05, 3.63) is 71.3 Å². The van der Waals surface area contributed by atoms with Gasteiger partial charge in [-0.15, -0.1) is 23.1 Å². The van der Waals surface area contributed by atoms with Crippen molar-refractivity contribution in [1.29, 1.82) is 0 Å². The number of carbonyl (C=O) groups is 2. The molecule has 4 heterocycles. The standard InChI is InChI=1S/C23H17N3O5S3/c27-21-15-11-8-12(16(15)22(28)25(21)9-3-5-10(6-4-9)26(30)31)18-14(11)17(13-2-1-7-32-13)19-20(33-18)24-23(29)34-19/h1-7,11-12,14-18H,8H2,(H,24,29)/t11-,12-,14+,15+,16+,17+,18-/m1/s1. The molecule has 2 aliphatic heterocycles. The van der Waals surface area contributed by atoms with Gasteiger partial charge in [-0.05, 0) is 47.8 Å². The molecule has 3 aromatic rings. The van der Waals surface area contributed by atoms with Crippen molar-refractivity contribution in [3.63, 3.8) is 0 Å². The zero-order chi connectivity index (χ0) is 23.3. The number of anilines is 1. The van der Waals surface area contributed by atoms with Gasteiger partial charge in [0.25, 0.3) is 5.69 Å². The number of hydrogen-bond acceptors (Lipinski definition) is 8. The average Bonchev–Trinajstić information content (AvgIpc) is 3.61. The van der Waals surface area contributed by atoms with Crippen LogP contribution in [0.5, 0.6) is 0 Å². The van der Waals surface area contributed by atoms with Crippen LogP contribution < -0.4 is 9.77 Å². The Hall–Kier alpha value is -2.76. The van der Waals surface area contributed by atoms with Crippen LogP contribution in [-0.4, -0.2) is 27.0 Å². The molecule has 2 bridgehead atoms. The fraction of sp³-hybridized carbons (Fsp3) is 0.348. The fourth-order valence-corrected chi connectivity index (χ4v) is 10.6. The maximum Gasteiger partial charge on any atom is 0.305 e. The molecule has 1 aromatic carbocycles. The average molecular weight is 512 g/mol. The Labute approximate surface area is 205 Å². The lowest BCUT2D eigenvalue weighted by atomic mass is 9.69. The number of rotatable bonds is 3. The lowest BCUT2D eigenvalue weighted by Crippen LogP contribution is -2.42. The Morgan fingerprint density at radius 3 is 2.44 bits per heavy atom. The van der Waals surface area contributed by atoms with Crippen LogP contribution in [-0.2, 0) is 9.59 Å². The second kappa shape index (κ2) is 7.12. The van der Waals surface area contributed by atoms with E-state index in [1.807, 2.05) is 11.4 Å². The molecule has 2 saturated carbocycles. The number of H-pyrrole nitrogens is 1. The van der Waals surface area contributed by atoms with Gasteiger partial charge >= 0.3 is 4.87 Å². The molecule has 172 valence electrons. The van der Waals surface area contributed by atoms with Crippen LogP contribution in [0.2, 0.25) is 0 Å². The number of benzene rings is 1. The normalized spacial score (nSPS) is 33.2. The van der Waals surface area contributed by atoms with Crippen LogP contribution >= 0.6 is 34.4 Å². The van der Waals surface area contributed by atoms with Gasteiger partial charge in [0.2, 0.25) is 11.8 Å². The summed E-state index contributed by atoms with van der Waals surface area (Å²) in [5.41, 5.74) is 0.313. The summed E-state index contributed by atoms with van der Waals surface area (Å²) in [6.45, 7) is 0. The van der Waals surface area contributed by atoms with Crippen molar-refractivity contribution in [2.45, 2.75) is 22.6 Å². The van der Waals surface area contributed by atoms with E-state index < -0.39 is 4.92 Å². The van der Waals surface area contributed by atoms with Crippen molar-refractivity contribution in [3.8, 4) is 0 Å². The first kappa shape index (κ1) is 20.6. The summed E-state index contributed by atoms with van der Waals surface area (Å²) < 4.78 is 0. The van der Waals surface area contributed by atoms with E-state index in [0.717, 1.165) is 16.3 Å². The highest BCUT2D eigenvalue weighted by Gasteiger charge is 2.69. The van der Waals surface area contributed by atoms with Gasteiger partial charge in [-0.2, -0.15) is 0 Å². The third-order valence-corrected chi connectivity index (χ3v) is 11.4. The minimum absolute atomic E-state index is 0.0532. The molecule has 11 heteroatoms. The molecule has 0 unspecified atom stereocenters. The molecule has 1 saturated heterocycles. The van der Waals surface area contributed by atoms with Crippen LogP contribution in [0.1, 0.15) is 22.1 Å². The molecule has 0 radical (unpaired) electrons. The van der Waals surface area contributed by atoms with E-state index >= 15 is 0 Å². The predicted octanol–water partition coefficient (Wildman–Crippen LogP) is 4.08. The number of thiazole rings is 1. The summed E-state index contributed by atoms with van der Waals surface area (Å²) in [7, 11) is 0. The first-order chi connectivity index (χ1) is 16.4. The number of non-ortho nitro benzene ring substituents is 1. The highest BCUT2D eigenvalue weighted by atomic mass is 32.2. The number of amides is 2. The highest BCUT2D eigenvalue weighted by Crippen LogP contribution is 2.68. The van der Waals surface area contributed by atoms with E-state index in [2.05, 4.69) is 11.1 Å². The monoisotopic (exact) mass is 511 g/mol. The summed E-state index contributed by atoms with van der Waals surface area (Å²) in [5, 5.41) is 14.1. The molecule has 2 amide bonds. The second-order valence-corrected chi connectivity index (χ2v) is 12.4. The van der Waals surface area contributed by atoms with Gasteiger partial charge in [-0.25, -0.2) is 0 Å². The molecule has 2 aliphatic carbocycles. The minimum atomic E-state index is -0.498. The van der Waals surface area contributed by atoms with E-state index in [0.29, 0.717) is 5.69 Å². The Morgan fingerprint density at radius 1 is 1.03 bits per heavy atom. The number of thioether (sulfide) groups is 1. The summed E-state index contributed by atoms with van der Waals surface area (Å²) >= 11 is 4.60. The fourth-order valence-electron chi connectivity index (χ4n) is 6.78. The van der Waals surface area contributed by atoms with Crippen molar-refractivity contribution in [2.24, 2.45) is 29.6 Å². The highest BCUT2D eigenvalue weighted by molar-refractivity contribution is 8.00. The van der Waals surface area contributed by atoms with Gasteiger partial charge in [0, 0.05) is 33.1 Å². The van der Waals surface area contributed by atoms with Gasteiger partial charge in [0.1, 0.15) is 0 Å². The van der Waals surface area contributed by atoms with Crippen LogP contribution in [0.25, 0.3) is 0 Å². The molecule has 34 heavy (non-hydrogen) atoms. The molecular weight excluding hydrogens is 494 g/mol. The number of aromatic nitrogens is 1. The van der Waals surface area contributed by atoms with Crippen molar-refractivity contribution in [1.82, 2.24) is 4.98 Å². The summed E-state index contributed by atoms with van der Waals surface area (Å²) in [4.78, 5) is 56.4. The molecule has 1 N–H and O–H groups in total. The number of nitro groups is 1. The van der Waals surface area contributed by atoms with Crippen LogP contribution in [0, 0.1) is 39.7 Å². The van der Waals surface area contributed by atoms with Gasteiger partial charge in [-0.1, -0.05) is 17.4 Å². The van der Waals surface area contributed by atoms with Crippen LogP contribution in [0.4, 0.5) is 11.4 Å². The SMILES string of the molecule is O=C1[C@H]2[C@H]3C[C@@H]([C@@H]2C(=O)N1c1ccc([N+](=O)[O-])cc1)[C@H]1[C@H](c2cccs2)c2sc(=O)[nH]c2S[C@H]31. The summed E-state index contributed by atoms with van der Waals surface area (Å²) in [6.07, 6.45) is 0.838. The lowest BCUT2D eigenvalue weighted by molar-refractivity contribution is -0.384. The maximum atomic E-state index is 13.6. The lowest BCUT2D eigenvalue weighted by Gasteiger charge is -2.42. The van der Waals surface area contributed by atoms with Crippen molar-refractivity contribution in [2.75, 3.05) is 4.90 Å². The number of imide groups is 1. The van der Waals surface area contributed by atoms with Crippen LogP contribution in [0.3, 0.4) is 0 Å². The van der Waals surface area contributed by atoms with E-state index in [-0.39, 0.29) is 63.1 Å². The smallest absolute Gasteiger partial charge is 0.305 e. The number of nitrogens with zero attached hydrogens (tertiary/aromatic N) is 2. The van der Waals surface area contributed by atoms with Gasteiger partial charge in [0.15, 0.2) is 0 Å². The van der Waals surface area contributed by atoms with E-state index in [9.17, 15) is 24.5 Å². The predicted molar refractivity (Wildman–Crippen MR) is 128 cm³/mol. The molecule has 3 fully saturated rings. The number of nitrogens with one attached hydrogen (secondary N) is 1.